The van der Waals surface area contributed by atoms with E-state index >= 15 is 0 Å². The molecule has 0 aliphatic rings. The summed E-state index contributed by atoms with van der Waals surface area (Å²) in [5.41, 5.74) is 4.86. The summed E-state index contributed by atoms with van der Waals surface area (Å²) in [5.74, 6) is -0.772. The van der Waals surface area contributed by atoms with Crippen molar-refractivity contribution >= 4 is 17.8 Å². The van der Waals surface area contributed by atoms with Gasteiger partial charge >= 0.3 is 5.97 Å². The molecular weight excluding hydrogens is 616 g/mol. The maximum absolute atomic E-state index is 13.2. The number of carbonyl (C=O) groups excluding carboxylic acids is 2. The number of nitrogens with one attached hydrogen (secondary N) is 2. The van der Waals surface area contributed by atoms with Gasteiger partial charge in [0.1, 0.15) is 17.8 Å². The van der Waals surface area contributed by atoms with Gasteiger partial charge in [0.2, 0.25) is 5.91 Å². The summed E-state index contributed by atoms with van der Waals surface area (Å²) < 4.78 is 5.88. The van der Waals surface area contributed by atoms with Crippen molar-refractivity contribution in [2.45, 2.75) is 90.6 Å². The number of amides is 2. The number of ether oxygens (including phenoxy) is 1. The van der Waals surface area contributed by atoms with Crippen LogP contribution in [0.4, 0.5) is 0 Å². The monoisotopic (exact) mass is 664 g/mol. The van der Waals surface area contributed by atoms with Gasteiger partial charge in [0, 0.05) is 35.5 Å². The van der Waals surface area contributed by atoms with Crippen LogP contribution in [0.3, 0.4) is 0 Å². The van der Waals surface area contributed by atoms with Gasteiger partial charge in [0.15, 0.2) is 5.82 Å². The molecule has 9 nitrogen and oxygen atoms in total. The predicted molar refractivity (Wildman–Crippen MR) is 192 cm³/mol. The number of carboxylic acids is 1. The van der Waals surface area contributed by atoms with Gasteiger partial charge in [0.25, 0.3) is 5.91 Å². The first-order valence-corrected chi connectivity index (χ1v) is 17.0. The molecule has 49 heavy (non-hydrogen) atoms. The molecule has 0 radical (unpaired) electrons. The molecule has 2 atom stereocenters. The summed E-state index contributed by atoms with van der Waals surface area (Å²) >= 11 is 0. The highest BCUT2D eigenvalue weighted by molar-refractivity contribution is 5.98. The fraction of sp³-hybridized carbons (Fsp3) is 0.375. The fourth-order valence-corrected chi connectivity index (χ4v) is 5.24. The summed E-state index contributed by atoms with van der Waals surface area (Å²) in [6, 6.07) is 20.5. The molecule has 0 aliphatic heterocycles. The highest BCUT2D eigenvalue weighted by atomic mass is 16.5. The standard InChI is InChI=1S/C40H48N4O5/c1-6-7-8-9-10-23-49-34-21-17-29(18-22-34)32-25-41-36(42-26-32)30-13-11-28(12-14-30)24-35(38(46)43-27(2)39(47)48)44-37(45)31-15-19-33(20-16-31)40(3,4)5/h11-22,25-27,35H,6-10,23-24H2,1-5H3,(H,43,46)(H,44,45)(H,47,48)/t27-,35?/m0/s1. The Bertz CT molecular complexity index is 1660. The van der Waals surface area contributed by atoms with Crippen LogP contribution in [0.5, 0.6) is 5.75 Å². The van der Waals surface area contributed by atoms with E-state index in [-0.39, 0.29) is 11.8 Å². The van der Waals surface area contributed by atoms with Crippen molar-refractivity contribution in [2.24, 2.45) is 0 Å². The molecule has 4 aromatic rings. The van der Waals surface area contributed by atoms with Crippen molar-refractivity contribution < 1.29 is 24.2 Å². The van der Waals surface area contributed by atoms with Crippen molar-refractivity contribution in [1.29, 1.82) is 0 Å². The van der Waals surface area contributed by atoms with Crippen LogP contribution in [-0.4, -0.2) is 51.5 Å². The fourth-order valence-electron chi connectivity index (χ4n) is 5.24. The van der Waals surface area contributed by atoms with E-state index in [0.717, 1.165) is 46.6 Å². The first kappa shape index (κ1) is 36.8. The van der Waals surface area contributed by atoms with Crippen LogP contribution in [0.2, 0.25) is 0 Å². The van der Waals surface area contributed by atoms with Crippen molar-refractivity contribution in [3.05, 3.63) is 102 Å². The number of unbranched alkanes of at least 4 members (excludes halogenated alkanes) is 4. The topological polar surface area (TPSA) is 131 Å². The predicted octanol–water partition coefficient (Wildman–Crippen LogP) is 7.39. The van der Waals surface area contributed by atoms with Gasteiger partial charge in [0.05, 0.1) is 6.61 Å². The lowest BCUT2D eigenvalue weighted by Gasteiger charge is -2.21. The van der Waals surface area contributed by atoms with Gasteiger partial charge in [-0.15, -0.1) is 0 Å². The molecule has 2 amide bonds. The third-order valence-electron chi connectivity index (χ3n) is 8.37. The van der Waals surface area contributed by atoms with Crippen LogP contribution in [0.25, 0.3) is 22.5 Å². The second-order valence-corrected chi connectivity index (χ2v) is 13.4. The van der Waals surface area contributed by atoms with Gasteiger partial charge in [-0.3, -0.25) is 14.4 Å². The maximum atomic E-state index is 13.2. The van der Waals surface area contributed by atoms with Crippen LogP contribution in [0.15, 0.2) is 85.2 Å². The molecule has 0 fully saturated rings. The summed E-state index contributed by atoms with van der Waals surface area (Å²) in [7, 11) is 0. The third kappa shape index (κ3) is 11.0. The summed E-state index contributed by atoms with van der Waals surface area (Å²) in [6.45, 7) is 10.6. The number of carbonyl (C=O) groups is 3. The van der Waals surface area contributed by atoms with E-state index in [1.165, 1.54) is 32.6 Å². The molecule has 0 spiro atoms. The van der Waals surface area contributed by atoms with E-state index in [2.05, 4.69) is 48.3 Å². The third-order valence-corrected chi connectivity index (χ3v) is 8.37. The molecule has 3 aromatic carbocycles. The maximum Gasteiger partial charge on any atom is 0.325 e. The first-order chi connectivity index (χ1) is 23.4. The van der Waals surface area contributed by atoms with Crippen molar-refractivity contribution in [3.63, 3.8) is 0 Å². The van der Waals surface area contributed by atoms with E-state index in [4.69, 9.17) is 4.74 Å². The lowest BCUT2D eigenvalue weighted by Crippen LogP contribution is -2.51. The van der Waals surface area contributed by atoms with Crippen LogP contribution in [0, 0.1) is 0 Å². The minimum atomic E-state index is -1.17. The van der Waals surface area contributed by atoms with Crippen LogP contribution in [0.1, 0.15) is 88.2 Å². The second kappa shape index (κ2) is 17.4. The number of rotatable bonds is 16. The number of nitrogens with zero attached hydrogens (tertiary/aromatic N) is 2. The Labute approximate surface area is 289 Å². The molecule has 1 heterocycles. The zero-order valence-corrected chi connectivity index (χ0v) is 29.2. The van der Waals surface area contributed by atoms with E-state index in [9.17, 15) is 19.5 Å². The molecule has 1 unspecified atom stereocenters. The van der Waals surface area contributed by atoms with Crippen LogP contribution in [-0.2, 0) is 21.4 Å². The van der Waals surface area contributed by atoms with E-state index in [1.54, 1.807) is 24.5 Å². The summed E-state index contributed by atoms with van der Waals surface area (Å²) in [6.07, 6.45) is 9.73. The van der Waals surface area contributed by atoms with E-state index in [1.807, 2.05) is 60.7 Å². The molecule has 0 aliphatic carbocycles. The highest BCUT2D eigenvalue weighted by Gasteiger charge is 2.25. The molecule has 0 saturated carbocycles. The lowest BCUT2D eigenvalue weighted by molar-refractivity contribution is -0.141. The molecule has 9 heteroatoms. The smallest absolute Gasteiger partial charge is 0.325 e. The molecule has 258 valence electrons. The van der Waals surface area contributed by atoms with Gasteiger partial charge in [-0.2, -0.15) is 0 Å². The summed E-state index contributed by atoms with van der Waals surface area (Å²) in [4.78, 5) is 46.9. The number of hydrogen-bond donors (Lipinski definition) is 3. The quantitative estimate of drug-likeness (QED) is 0.107. The minimum absolute atomic E-state index is 0.0711. The largest absolute Gasteiger partial charge is 0.494 e. The van der Waals surface area contributed by atoms with Gasteiger partial charge in [-0.05, 0) is 59.7 Å². The minimum Gasteiger partial charge on any atom is -0.494 e. The van der Waals surface area contributed by atoms with Crippen molar-refractivity contribution in [2.75, 3.05) is 6.61 Å². The van der Waals surface area contributed by atoms with Crippen LogP contribution < -0.4 is 15.4 Å². The Morgan fingerprint density at radius 3 is 1.98 bits per heavy atom. The average molecular weight is 665 g/mol. The molecule has 4 rings (SSSR count). The van der Waals surface area contributed by atoms with Gasteiger partial charge < -0.3 is 20.5 Å². The normalized spacial score (nSPS) is 12.5. The van der Waals surface area contributed by atoms with Crippen molar-refractivity contribution in [1.82, 2.24) is 20.6 Å². The zero-order valence-electron chi connectivity index (χ0n) is 29.2. The molecule has 3 N–H and O–H groups in total. The second-order valence-electron chi connectivity index (χ2n) is 13.4. The zero-order chi connectivity index (χ0) is 35.4. The Balaban J connectivity index is 1.40. The number of aromatic nitrogens is 2. The Kier molecular flexibility index (Phi) is 13.0. The Morgan fingerprint density at radius 1 is 0.776 bits per heavy atom. The van der Waals surface area contributed by atoms with E-state index < -0.39 is 29.9 Å². The van der Waals surface area contributed by atoms with Gasteiger partial charge in [-0.25, -0.2) is 9.97 Å². The first-order valence-electron chi connectivity index (χ1n) is 17.0. The molecule has 0 saturated heterocycles. The van der Waals surface area contributed by atoms with Crippen LogP contribution >= 0.6 is 0 Å². The lowest BCUT2D eigenvalue weighted by atomic mass is 9.86. The SMILES string of the molecule is CCCCCCCOc1ccc(-c2cnc(-c3ccc(CC(NC(=O)c4ccc(C(C)(C)C)cc4)C(=O)N[C@@H](C)C(=O)O)cc3)nc2)cc1. The average Bonchev–Trinajstić information content (AvgIpc) is 3.09. The highest BCUT2D eigenvalue weighted by Crippen LogP contribution is 2.24. The summed E-state index contributed by atoms with van der Waals surface area (Å²) in [5, 5.41) is 14.6. The molecular formula is C40H48N4O5. The number of hydrogen-bond acceptors (Lipinski definition) is 6. The van der Waals surface area contributed by atoms with E-state index in [0.29, 0.717) is 11.4 Å². The Morgan fingerprint density at radius 2 is 1.39 bits per heavy atom. The number of benzene rings is 3. The van der Waals surface area contributed by atoms with Crippen molar-refractivity contribution in [3.8, 4) is 28.3 Å². The molecule has 1 aromatic heterocycles. The Hall–Kier alpha value is -5.05. The van der Waals surface area contributed by atoms with Gasteiger partial charge in [-0.1, -0.05) is 102 Å². The molecule has 0 bridgehead atoms. The number of carboxylic acid groups (broad SMARTS) is 1. The number of aliphatic carboxylic acids is 1.